The minimum Gasteiger partial charge on any atom is -0.429 e. The molecule has 0 radical (unpaired) electrons. The number of hydrogen-bond acceptors (Lipinski definition) is 5. The Morgan fingerprint density at radius 2 is 2.38 bits per heavy atom. The molecule has 2 aromatic rings. The Kier molecular flexibility index (Phi) is 2.09. The maximum Gasteiger partial charge on any atom is 0.280 e. The Hall–Kier alpha value is -1.62. The van der Waals surface area contributed by atoms with Gasteiger partial charge in [0, 0.05) is 11.6 Å². The molecule has 0 unspecified atom stereocenters. The van der Waals surface area contributed by atoms with Crippen LogP contribution < -0.4 is 10.5 Å². The highest BCUT2D eigenvalue weighted by Gasteiger charge is 2.00. The lowest BCUT2D eigenvalue weighted by molar-refractivity contribution is 0.477. The molecule has 13 heavy (non-hydrogen) atoms. The average Bonchev–Trinajstić information content (AvgIpc) is 2.53. The highest BCUT2D eigenvalue weighted by atomic mass is 32.1. The van der Waals surface area contributed by atoms with E-state index in [-0.39, 0.29) is 0 Å². The van der Waals surface area contributed by atoms with Gasteiger partial charge in [-0.2, -0.15) is 4.98 Å². The van der Waals surface area contributed by atoms with Crippen LogP contribution in [0, 0.1) is 0 Å². The van der Waals surface area contributed by atoms with Crippen LogP contribution in [0.25, 0.3) is 0 Å². The van der Waals surface area contributed by atoms with Crippen LogP contribution in [0.15, 0.2) is 29.9 Å². The van der Waals surface area contributed by atoms with E-state index in [4.69, 9.17) is 10.5 Å². The predicted octanol–water partition coefficient (Wildman–Crippen LogP) is 1.91. The first-order chi connectivity index (χ1) is 6.34. The van der Waals surface area contributed by atoms with Gasteiger partial charge in [-0.1, -0.05) is 11.3 Å². The van der Waals surface area contributed by atoms with Crippen LogP contribution in [0.3, 0.4) is 0 Å². The van der Waals surface area contributed by atoms with Gasteiger partial charge >= 0.3 is 0 Å². The van der Waals surface area contributed by atoms with E-state index in [1.807, 2.05) is 6.07 Å². The molecule has 0 saturated heterocycles. The largest absolute Gasteiger partial charge is 0.429 e. The molecule has 0 aliphatic carbocycles. The number of anilines is 1. The molecule has 0 atom stereocenters. The summed E-state index contributed by atoms with van der Waals surface area (Å²) in [5.41, 5.74) is 5.44. The molecule has 0 aliphatic heterocycles. The molecule has 4 nitrogen and oxygen atoms in total. The molecule has 0 fully saturated rings. The lowest BCUT2D eigenvalue weighted by atomic mass is 10.5. The second-order valence-corrected chi connectivity index (χ2v) is 3.15. The van der Waals surface area contributed by atoms with Crippen molar-refractivity contribution in [1.82, 2.24) is 9.97 Å². The van der Waals surface area contributed by atoms with Crippen LogP contribution in [-0.2, 0) is 0 Å². The van der Waals surface area contributed by atoms with Gasteiger partial charge in [-0.05, 0) is 12.1 Å². The fourth-order valence-electron chi connectivity index (χ4n) is 0.824. The zero-order chi connectivity index (χ0) is 9.10. The summed E-state index contributed by atoms with van der Waals surface area (Å²) in [6.07, 6.45) is 3.31. The number of nitrogen functional groups attached to an aromatic ring is 1. The summed E-state index contributed by atoms with van der Waals surface area (Å²) < 4.78 is 5.36. The lowest BCUT2D eigenvalue weighted by Crippen LogP contribution is -1.86. The van der Waals surface area contributed by atoms with Crippen LogP contribution in [0.4, 0.5) is 5.82 Å². The van der Waals surface area contributed by atoms with Crippen molar-refractivity contribution >= 4 is 17.2 Å². The van der Waals surface area contributed by atoms with E-state index >= 15 is 0 Å². The molecule has 2 rings (SSSR count). The summed E-state index contributed by atoms with van der Waals surface area (Å²) in [4.78, 5) is 7.86. The number of nitrogens with zero attached hydrogens (tertiary/aromatic N) is 2. The van der Waals surface area contributed by atoms with Gasteiger partial charge in [-0.25, -0.2) is 0 Å². The Bertz CT molecular complexity index is 387. The van der Waals surface area contributed by atoms with Gasteiger partial charge in [0.05, 0.1) is 6.20 Å². The van der Waals surface area contributed by atoms with Gasteiger partial charge in [-0.15, -0.1) is 0 Å². The number of hydrogen-bond donors (Lipinski definition) is 1. The third-order valence-corrected chi connectivity index (χ3v) is 2.08. The molecule has 0 saturated carbocycles. The van der Waals surface area contributed by atoms with Gasteiger partial charge in [0.25, 0.3) is 5.19 Å². The van der Waals surface area contributed by atoms with E-state index < -0.39 is 0 Å². The SMILES string of the molecule is Nc1csc(Oc2cccnc2)n1. The first-order valence-electron chi connectivity index (χ1n) is 3.63. The van der Waals surface area contributed by atoms with Crippen LogP contribution in [0.2, 0.25) is 0 Å². The Balaban J connectivity index is 2.15. The van der Waals surface area contributed by atoms with Gasteiger partial charge in [0.15, 0.2) is 0 Å². The number of pyridine rings is 1. The molecule has 0 spiro atoms. The highest BCUT2D eigenvalue weighted by Crippen LogP contribution is 2.24. The third kappa shape index (κ3) is 1.94. The summed E-state index contributed by atoms with van der Waals surface area (Å²) in [5, 5.41) is 2.26. The van der Waals surface area contributed by atoms with E-state index in [1.165, 1.54) is 11.3 Å². The summed E-state index contributed by atoms with van der Waals surface area (Å²) in [5.74, 6) is 1.14. The zero-order valence-corrected chi connectivity index (χ0v) is 7.49. The van der Waals surface area contributed by atoms with E-state index in [2.05, 4.69) is 9.97 Å². The molecule has 0 bridgehead atoms. The Labute approximate surface area is 79.0 Å². The molecular weight excluding hydrogens is 186 g/mol. The molecule has 0 aliphatic rings. The van der Waals surface area contributed by atoms with Crippen molar-refractivity contribution in [3.8, 4) is 10.9 Å². The maximum absolute atomic E-state index is 5.44. The quantitative estimate of drug-likeness (QED) is 0.791. The molecular formula is C8H7N3OS. The average molecular weight is 193 g/mol. The molecule has 2 aromatic heterocycles. The maximum atomic E-state index is 5.44. The number of ether oxygens (including phenoxy) is 1. The molecule has 5 heteroatoms. The first kappa shape index (κ1) is 8.00. The molecule has 0 amide bonds. The van der Waals surface area contributed by atoms with Gasteiger partial charge < -0.3 is 10.5 Å². The second-order valence-electron chi connectivity index (χ2n) is 2.33. The van der Waals surface area contributed by atoms with Gasteiger partial charge in [0.2, 0.25) is 0 Å². The van der Waals surface area contributed by atoms with Crippen molar-refractivity contribution < 1.29 is 4.74 Å². The predicted molar refractivity (Wildman–Crippen MR) is 50.8 cm³/mol. The van der Waals surface area contributed by atoms with E-state index in [0.717, 1.165) is 0 Å². The van der Waals surface area contributed by atoms with Gasteiger partial charge in [-0.3, -0.25) is 4.98 Å². The zero-order valence-electron chi connectivity index (χ0n) is 6.68. The molecule has 0 aromatic carbocycles. The monoisotopic (exact) mass is 193 g/mol. The van der Waals surface area contributed by atoms with Crippen molar-refractivity contribution in [2.45, 2.75) is 0 Å². The van der Waals surface area contributed by atoms with E-state index in [1.54, 1.807) is 23.8 Å². The first-order valence-corrected chi connectivity index (χ1v) is 4.51. The fraction of sp³-hybridized carbons (Fsp3) is 0. The van der Waals surface area contributed by atoms with Crippen molar-refractivity contribution in [3.05, 3.63) is 29.9 Å². The third-order valence-electron chi connectivity index (χ3n) is 1.34. The van der Waals surface area contributed by atoms with Crippen LogP contribution in [-0.4, -0.2) is 9.97 Å². The lowest BCUT2D eigenvalue weighted by Gasteiger charge is -1.98. The minimum atomic E-state index is 0.476. The Morgan fingerprint density at radius 3 is 3.00 bits per heavy atom. The summed E-state index contributed by atoms with van der Waals surface area (Å²) in [7, 11) is 0. The van der Waals surface area contributed by atoms with Crippen LogP contribution in [0.1, 0.15) is 0 Å². The second kappa shape index (κ2) is 3.40. The van der Waals surface area contributed by atoms with Crippen LogP contribution >= 0.6 is 11.3 Å². The van der Waals surface area contributed by atoms with Gasteiger partial charge in [0.1, 0.15) is 11.6 Å². The van der Waals surface area contributed by atoms with E-state index in [9.17, 15) is 0 Å². The highest BCUT2D eigenvalue weighted by molar-refractivity contribution is 7.11. The standard InChI is InChI=1S/C8H7N3OS/c9-7-5-13-8(11-7)12-6-2-1-3-10-4-6/h1-5H,9H2. The van der Waals surface area contributed by atoms with Crippen molar-refractivity contribution in [2.75, 3.05) is 5.73 Å². The number of aromatic nitrogens is 2. The van der Waals surface area contributed by atoms with Crippen molar-refractivity contribution in [2.24, 2.45) is 0 Å². The molecule has 66 valence electrons. The minimum absolute atomic E-state index is 0.476. The summed E-state index contributed by atoms with van der Waals surface area (Å²) >= 11 is 1.36. The fourth-order valence-corrected chi connectivity index (χ4v) is 1.40. The summed E-state index contributed by atoms with van der Waals surface area (Å²) in [6, 6.07) is 3.61. The molecule has 2 heterocycles. The Morgan fingerprint density at radius 1 is 1.46 bits per heavy atom. The van der Waals surface area contributed by atoms with E-state index in [0.29, 0.717) is 16.8 Å². The summed E-state index contributed by atoms with van der Waals surface area (Å²) in [6.45, 7) is 0. The topological polar surface area (TPSA) is 61.0 Å². The number of nitrogens with two attached hydrogens (primary N) is 1. The normalized spacial score (nSPS) is 9.85. The van der Waals surface area contributed by atoms with Crippen LogP contribution in [0.5, 0.6) is 10.9 Å². The molecule has 2 N–H and O–H groups in total. The number of thiazole rings is 1. The van der Waals surface area contributed by atoms with Crippen molar-refractivity contribution in [3.63, 3.8) is 0 Å². The smallest absolute Gasteiger partial charge is 0.280 e. The number of rotatable bonds is 2. The van der Waals surface area contributed by atoms with Crippen molar-refractivity contribution in [1.29, 1.82) is 0 Å².